The third kappa shape index (κ3) is 5.30. The molecule has 3 aromatic rings. The number of carbonyl (C=O) groups excluding carboxylic acids is 1. The van der Waals surface area contributed by atoms with Gasteiger partial charge in [0.1, 0.15) is 12.7 Å². The molecule has 0 aliphatic rings. The quantitative estimate of drug-likeness (QED) is 0.609. The Hall–Kier alpha value is -2.91. The van der Waals surface area contributed by atoms with Crippen LogP contribution in [0.4, 0.5) is 11.4 Å². The molecule has 1 amide bonds. The van der Waals surface area contributed by atoms with Gasteiger partial charge in [-0.25, -0.2) is 18.1 Å². The van der Waals surface area contributed by atoms with Gasteiger partial charge in [0, 0.05) is 17.0 Å². The maximum atomic E-state index is 12.4. The number of hydrogen-bond acceptors (Lipinski definition) is 6. The lowest BCUT2D eigenvalue weighted by Crippen LogP contribution is -2.23. The number of rotatable bonds is 7. The van der Waals surface area contributed by atoms with Crippen LogP contribution in [0.5, 0.6) is 0 Å². The first-order valence-electron chi connectivity index (χ1n) is 8.26. The molecule has 0 spiro atoms. The molecule has 0 radical (unpaired) electrons. The molecule has 10 heteroatoms. The van der Waals surface area contributed by atoms with Crippen LogP contribution < -0.4 is 10.6 Å². The Balaban J connectivity index is 1.72. The highest BCUT2D eigenvalue weighted by molar-refractivity contribution is 7.89. The minimum atomic E-state index is -3.19. The van der Waals surface area contributed by atoms with Crippen molar-refractivity contribution in [2.45, 2.75) is 5.75 Å². The number of anilines is 2. The lowest BCUT2D eigenvalue weighted by atomic mass is 10.2. The van der Waals surface area contributed by atoms with E-state index in [1.54, 1.807) is 42.5 Å². The molecule has 146 valence electrons. The first kappa shape index (κ1) is 19.8. The topological polar surface area (TPSA) is 106 Å². The fourth-order valence-electron chi connectivity index (χ4n) is 2.61. The summed E-state index contributed by atoms with van der Waals surface area (Å²) in [7, 11) is -3.19. The van der Waals surface area contributed by atoms with E-state index in [4.69, 9.17) is 11.6 Å². The standard InChI is InChI=1S/C18H18ClN5O3S/c1-28(26,27)10-13-4-2-3-5-15(13)21-9-18(25)23-16-8-14(19)6-7-17(16)24-12-20-11-22-24/h2-8,11-12,21H,9-10H2,1H3,(H,23,25). The molecule has 2 N–H and O–H groups in total. The average Bonchev–Trinajstić information content (AvgIpc) is 3.14. The lowest BCUT2D eigenvalue weighted by Gasteiger charge is -2.14. The van der Waals surface area contributed by atoms with Gasteiger partial charge in [-0.1, -0.05) is 29.8 Å². The molecule has 28 heavy (non-hydrogen) atoms. The van der Waals surface area contributed by atoms with E-state index < -0.39 is 9.84 Å². The molecule has 1 aromatic heterocycles. The van der Waals surface area contributed by atoms with E-state index in [1.165, 1.54) is 23.6 Å². The zero-order chi connectivity index (χ0) is 20.1. The van der Waals surface area contributed by atoms with Crippen molar-refractivity contribution in [1.29, 1.82) is 0 Å². The van der Waals surface area contributed by atoms with Gasteiger partial charge in [0.05, 0.1) is 23.7 Å². The van der Waals surface area contributed by atoms with Crippen LogP contribution >= 0.6 is 11.6 Å². The normalized spacial score (nSPS) is 11.2. The van der Waals surface area contributed by atoms with Crippen molar-refractivity contribution in [3.8, 4) is 5.69 Å². The number of para-hydroxylation sites is 1. The second kappa shape index (κ2) is 8.41. The van der Waals surface area contributed by atoms with Gasteiger partial charge < -0.3 is 10.6 Å². The van der Waals surface area contributed by atoms with Crippen molar-refractivity contribution in [1.82, 2.24) is 14.8 Å². The zero-order valence-electron chi connectivity index (χ0n) is 15.0. The van der Waals surface area contributed by atoms with Crippen LogP contribution in [0.15, 0.2) is 55.1 Å². The molecule has 8 nitrogen and oxygen atoms in total. The number of nitrogens with zero attached hydrogens (tertiary/aromatic N) is 3. The highest BCUT2D eigenvalue weighted by Gasteiger charge is 2.12. The molecule has 0 bridgehead atoms. The molecule has 2 aromatic carbocycles. The highest BCUT2D eigenvalue weighted by atomic mass is 35.5. The van der Waals surface area contributed by atoms with E-state index in [1.807, 2.05) is 0 Å². The van der Waals surface area contributed by atoms with Crippen LogP contribution in [-0.4, -0.2) is 41.9 Å². The third-order valence-electron chi connectivity index (χ3n) is 3.77. The monoisotopic (exact) mass is 419 g/mol. The van der Waals surface area contributed by atoms with Crippen molar-refractivity contribution in [2.75, 3.05) is 23.4 Å². The molecular formula is C18H18ClN5O3S. The molecular weight excluding hydrogens is 402 g/mol. The van der Waals surface area contributed by atoms with Crippen molar-refractivity contribution in [3.63, 3.8) is 0 Å². The number of aromatic nitrogens is 3. The first-order chi connectivity index (χ1) is 13.3. The van der Waals surface area contributed by atoms with Crippen LogP contribution in [-0.2, 0) is 20.4 Å². The SMILES string of the molecule is CS(=O)(=O)Cc1ccccc1NCC(=O)Nc1cc(Cl)ccc1-n1cncn1. The van der Waals surface area contributed by atoms with E-state index in [2.05, 4.69) is 20.7 Å². The molecule has 0 unspecified atom stereocenters. The molecule has 0 atom stereocenters. The Morgan fingerprint density at radius 3 is 2.68 bits per heavy atom. The van der Waals surface area contributed by atoms with Gasteiger partial charge >= 0.3 is 0 Å². The molecule has 0 saturated carbocycles. The molecule has 0 saturated heterocycles. The van der Waals surface area contributed by atoms with E-state index in [-0.39, 0.29) is 18.2 Å². The summed E-state index contributed by atoms with van der Waals surface area (Å²) in [4.78, 5) is 16.3. The number of nitrogens with one attached hydrogen (secondary N) is 2. The fourth-order valence-corrected chi connectivity index (χ4v) is 3.60. The summed E-state index contributed by atoms with van der Waals surface area (Å²) in [5.74, 6) is -0.430. The maximum absolute atomic E-state index is 12.4. The predicted molar refractivity (Wildman–Crippen MR) is 108 cm³/mol. The minimum Gasteiger partial charge on any atom is -0.376 e. The average molecular weight is 420 g/mol. The summed E-state index contributed by atoms with van der Waals surface area (Å²) in [5.41, 5.74) is 2.29. The van der Waals surface area contributed by atoms with Crippen LogP contribution in [0.3, 0.4) is 0 Å². The summed E-state index contributed by atoms with van der Waals surface area (Å²) in [6.07, 6.45) is 4.07. The lowest BCUT2D eigenvalue weighted by molar-refractivity contribution is -0.114. The van der Waals surface area contributed by atoms with Crippen molar-refractivity contribution < 1.29 is 13.2 Å². The Morgan fingerprint density at radius 1 is 1.18 bits per heavy atom. The van der Waals surface area contributed by atoms with Gasteiger partial charge in [0.15, 0.2) is 9.84 Å². The number of carbonyl (C=O) groups is 1. The molecule has 3 rings (SSSR count). The largest absolute Gasteiger partial charge is 0.376 e. The Bertz CT molecular complexity index is 1080. The van der Waals surface area contributed by atoms with Gasteiger partial charge in [-0.2, -0.15) is 5.10 Å². The van der Waals surface area contributed by atoms with Crippen LogP contribution in [0, 0.1) is 0 Å². The first-order valence-corrected chi connectivity index (χ1v) is 10.7. The summed E-state index contributed by atoms with van der Waals surface area (Å²) in [6.45, 7) is -0.0515. The van der Waals surface area contributed by atoms with Crippen molar-refractivity contribution in [3.05, 3.63) is 65.7 Å². The Morgan fingerprint density at radius 2 is 1.96 bits per heavy atom. The highest BCUT2D eigenvalue weighted by Crippen LogP contribution is 2.24. The van der Waals surface area contributed by atoms with Gasteiger partial charge in [0.2, 0.25) is 5.91 Å². The molecule has 0 aliphatic carbocycles. The van der Waals surface area contributed by atoms with Gasteiger partial charge in [0.25, 0.3) is 0 Å². The van der Waals surface area contributed by atoms with E-state index in [9.17, 15) is 13.2 Å². The number of amides is 1. The molecule has 0 fully saturated rings. The Labute approximate surface area is 167 Å². The van der Waals surface area contributed by atoms with Crippen LogP contribution in [0.25, 0.3) is 5.69 Å². The third-order valence-corrected chi connectivity index (χ3v) is 4.84. The summed E-state index contributed by atoms with van der Waals surface area (Å²) in [5, 5.41) is 10.3. The summed E-state index contributed by atoms with van der Waals surface area (Å²) < 4.78 is 24.7. The van der Waals surface area contributed by atoms with Crippen molar-refractivity contribution in [2.24, 2.45) is 0 Å². The molecule has 1 heterocycles. The zero-order valence-corrected chi connectivity index (χ0v) is 16.5. The molecule has 0 aliphatic heterocycles. The summed E-state index contributed by atoms with van der Waals surface area (Å²) in [6, 6.07) is 12.0. The van der Waals surface area contributed by atoms with Crippen LogP contribution in [0.2, 0.25) is 5.02 Å². The smallest absolute Gasteiger partial charge is 0.243 e. The van der Waals surface area contributed by atoms with Gasteiger partial charge in [-0.15, -0.1) is 0 Å². The van der Waals surface area contributed by atoms with Crippen molar-refractivity contribution >= 4 is 38.7 Å². The van der Waals surface area contributed by atoms with Crippen LogP contribution in [0.1, 0.15) is 5.56 Å². The predicted octanol–water partition coefficient (Wildman–Crippen LogP) is 2.52. The second-order valence-electron chi connectivity index (χ2n) is 6.13. The van der Waals surface area contributed by atoms with Gasteiger partial charge in [-0.05, 0) is 29.8 Å². The number of benzene rings is 2. The second-order valence-corrected chi connectivity index (χ2v) is 8.71. The minimum absolute atomic E-state index is 0.0515. The fraction of sp³-hybridized carbons (Fsp3) is 0.167. The van der Waals surface area contributed by atoms with E-state index in [0.29, 0.717) is 27.6 Å². The van der Waals surface area contributed by atoms with Gasteiger partial charge in [-0.3, -0.25) is 4.79 Å². The number of halogens is 1. The Kier molecular flexibility index (Phi) is 5.96. The maximum Gasteiger partial charge on any atom is 0.243 e. The number of sulfone groups is 1. The number of hydrogen-bond donors (Lipinski definition) is 2. The van der Waals surface area contributed by atoms with E-state index >= 15 is 0 Å². The van der Waals surface area contributed by atoms with E-state index in [0.717, 1.165) is 0 Å². The summed E-state index contributed by atoms with van der Waals surface area (Å²) >= 11 is 6.05.